The zero-order valence-corrected chi connectivity index (χ0v) is 22.6. The van der Waals surface area contributed by atoms with Gasteiger partial charge in [-0.25, -0.2) is 4.98 Å². The van der Waals surface area contributed by atoms with Gasteiger partial charge in [0, 0.05) is 64.7 Å². The SMILES string of the molecule is CN=C(NCc1ccc(N2CCOC(C)C2)nc1)N1CCN(c2cccc(C)c2C)CC1.I. The van der Waals surface area contributed by atoms with Crippen LogP contribution in [0, 0.1) is 13.8 Å². The van der Waals surface area contributed by atoms with Crippen molar-refractivity contribution >= 4 is 41.4 Å². The normalized spacial score (nSPS) is 19.3. The zero-order valence-electron chi connectivity index (χ0n) is 20.3. The second-order valence-corrected chi connectivity index (χ2v) is 8.75. The van der Waals surface area contributed by atoms with E-state index in [1.165, 1.54) is 16.8 Å². The molecular weight excluding hydrogens is 527 g/mol. The molecule has 1 aromatic heterocycles. The molecule has 0 saturated carbocycles. The van der Waals surface area contributed by atoms with E-state index in [4.69, 9.17) is 4.74 Å². The van der Waals surface area contributed by atoms with E-state index in [1.54, 1.807) is 0 Å². The summed E-state index contributed by atoms with van der Waals surface area (Å²) in [4.78, 5) is 16.3. The molecule has 0 spiro atoms. The molecule has 2 aliphatic rings. The van der Waals surface area contributed by atoms with Crippen LogP contribution in [0.2, 0.25) is 0 Å². The summed E-state index contributed by atoms with van der Waals surface area (Å²) in [6.07, 6.45) is 2.22. The molecule has 3 heterocycles. The van der Waals surface area contributed by atoms with Crippen LogP contribution in [0.15, 0.2) is 41.5 Å². The van der Waals surface area contributed by atoms with Crippen molar-refractivity contribution in [1.82, 2.24) is 15.2 Å². The molecule has 7 nitrogen and oxygen atoms in total. The van der Waals surface area contributed by atoms with Gasteiger partial charge in [-0.2, -0.15) is 0 Å². The third-order valence-electron chi connectivity index (χ3n) is 6.53. The van der Waals surface area contributed by atoms with E-state index in [0.29, 0.717) is 0 Å². The van der Waals surface area contributed by atoms with Crippen molar-refractivity contribution < 1.29 is 4.74 Å². The second kappa shape index (κ2) is 11.9. The maximum absolute atomic E-state index is 5.63. The van der Waals surface area contributed by atoms with Gasteiger partial charge in [0.25, 0.3) is 0 Å². The van der Waals surface area contributed by atoms with Crippen LogP contribution in [0.25, 0.3) is 0 Å². The minimum absolute atomic E-state index is 0. The number of nitrogens with zero attached hydrogens (tertiary/aromatic N) is 5. The maximum Gasteiger partial charge on any atom is 0.194 e. The van der Waals surface area contributed by atoms with E-state index in [2.05, 4.69) is 81.1 Å². The number of pyridine rings is 1. The average molecular weight is 565 g/mol. The Kier molecular flexibility index (Phi) is 9.19. The summed E-state index contributed by atoms with van der Waals surface area (Å²) in [6.45, 7) is 13.7. The van der Waals surface area contributed by atoms with Crippen molar-refractivity contribution in [3.8, 4) is 0 Å². The number of benzene rings is 1. The Balaban J connectivity index is 0.00000306. The molecule has 1 unspecified atom stereocenters. The van der Waals surface area contributed by atoms with Gasteiger partial charge in [-0.3, -0.25) is 4.99 Å². The van der Waals surface area contributed by atoms with Crippen LogP contribution >= 0.6 is 24.0 Å². The van der Waals surface area contributed by atoms with Crippen LogP contribution < -0.4 is 15.1 Å². The molecule has 1 atom stereocenters. The van der Waals surface area contributed by atoms with Crippen LogP contribution in [-0.2, 0) is 11.3 Å². The molecule has 0 bridgehead atoms. The minimum atomic E-state index is 0. The fourth-order valence-electron chi connectivity index (χ4n) is 4.49. The molecule has 2 aromatic rings. The van der Waals surface area contributed by atoms with Crippen molar-refractivity contribution in [2.24, 2.45) is 4.99 Å². The maximum atomic E-state index is 5.63. The Morgan fingerprint density at radius 2 is 1.88 bits per heavy atom. The van der Waals surface area contributed by atoms with Gasteiger partial charge in [-0.1, -0.05) is 18.2 Å². The number of piperazine rings is 1. The van der Waals surface area contributed by atoms with E-state index < -0.39 is 0 Å². The number of anilines is 2. The minimum Gasteiger partial charge on any atom is -0.375 e. The smallest absolute Gasteiger partial charge is 0.194 e. The van der Waals surface area contributed by atoms with Crippen molar-refractivity contribution in [3.05, 3.63) is 53.2 Å². The fourth-order valence-corrected chi connectivity index (χ4v) is 4.49. The van der Waals surface area contributed by atoms with Crippen molar-refractivity contribution in [2.75, 3.05) is 62.7 Å². The van der Waals surface area contributed by atoms with Crippen molar-refractivity contribution in [3.63, 3.8) is 0 Å². The van der Waals surface area contributed by atoms with Gasteiger partial charge in [0.1, 0.15) is 5.82 Å². The lowest BCUT2D eigenvalue weighted by Crippen LogP contribution is -2.52. The molecule has 1 N–H and O–H groups in total. The van der Waals surface area contributed by atoms with Crippen LogP contribution in [0.5, 0.6) is 0 Å². The Hall–Kier alpha value is -2.07. The summed E-state index contributed by atoms with van der Waals surface area (Å²) >= 11 is 0. The highest BCUT2D eigenvalue weighted by molar-refractivity contribution is 14.0. The van der Waals surface area contributed by atoms with E-state index in [1.807, 2.05) is 13.2 Å². The number of aliphatic imine (C=N–C) groups is 1. The van der Waals surface area contributed by atoms with Gasteiger partial charge in [0.2, 0.25) is 0 Å². The number of hydrogen-bond donors (Lipinski definition) is 1. The highest BCUT2D eigenvalue weighted by Crippen LogP contribution is 2.24. The average Bonchev–Trinajstić information content (AvgIpc) is 2.82. The van der Waals surface area contributed by atoms with E-state index in [-0.39, 0.29) is 30.1 Å². The highest BCUT2D eigenvalue weighted by Gasteiger charge is 2.21. The van der Waals surface area contributed by atoms with Crippen LogP contribution in [0.4, 0.5) is 11.5 Å². The van der Waals surface area contributed by atoms with E-state index in [9.17, 15) is 0 Å². The molecule has 1 aromatic carbocycles. The van der Waals surface area contributed by atoms with E-state index in [0.717, 1.165) is 69.8 Å². The summed E-state index contributed by atoms with van der Waals surface area (Å²) in [5.74, 6) is 1.98. The molecule has 0 radical (unpaired) electrons. The lowest BCUT2D eigenvalue weighted by molar-refractivity contribution is 0.0529. The lowest BCUT2D eigenvalue weighted by Gasteiger charge is -2.38. The topological polar surface area (TPSA) is 56.2 Å². The predicted molar refractivity (Wildman–Crippen MR) is 147 cm³/mol. The van der Waals surface area contributed by atoms with Crippen LogP contribution in [0.3, 0.4) is 0 Å². The number of nitrogens with one attached hydrogen (secondary N) is 1. The van der Waals surface area contributed by atoms with Crippen molar-refractivity contribution in [1.29, 1.82) is 0 Å². The van der Waals surface area contributed by atoms with Gasteiger partial charge in [-0.15, -0.1) is 24.0 Å². The number of guanidine groups is 1. The standard InChI is InChI=1S/C25H36N6O.HI/c1-19-6-5-7-23(21(19)3)29-10-12-30(13-11-29)25(26-4)28-17-22-8-9-24(27-16-22)31-14-15-32-20(2)18-31;/h5-9,16,20H,10-15,17-18H2,1-4H3,(H,26,28);1H. The predicted octanol–water partition coefficient (Wildman–Crippen LogP) is 3.44. The van der Waals surface area contributed by atoms with Gasteiger partial charge < -0.3 is 24.8 Å². The molecule has 4 rings (SSSR count). The quantitative estimate of drug-likeness (QED) is 0.349. The number of hydrogen-bond acceptors (Lipinski definition) is 5. The fraction of sp³-hybridized carbons (Fsp3) is 0.520. The number of ether oxygens (including phenoxy) is 1. The Labute approximate surface area is 215 Å². The third kappa shape index (κ3) is 6.29. The summed E-state index contributed by atoms with van der Waals surface area (Å²) in [7, 11) is 1.86. The lowest BCUT2D eigenvalue weighted by atomic mass is 10.1. The molecule has 180 valence electrons. The molecule has 2 fully saturated rings. The largest absolute Gasteiger partial charge is 0.375 e. The number of aryl methyl sites for hydroxylation is 1. The summed E-state index contributed by atoms with van der Waals surface area (Å²) < 4.78 is 5.63. The molecule has 0 aliphatic carbocycles. The Morgan fingerprint density at radius 1 is 1.09 bits per heavy atom. The van der Waals surface area contributed by atoms with Gasteiger partial charge in [0.05, 0.1) is 12.7 Å². The second-order valence-electron chi connectivity index (χ2n) is 8.75. The first-order chi connectivity index (χ1) is 15.5. The summed E-state index contributed by atoms with van der Waals surface area (Å²) in [6, 6.07) is 10.8. The molecule has 2 aliphatic heterocycles. The highest BCUT2D eigenvalue weighted by atomic mass is 127. The Morgan fingerprint density at radius 3 is 2.55 bits per heavy atom. The number of halogens is 1. The van der Waals surface area contributed by atoms with E-state index >= 15 is 0 Å². The molecular formula is C25H37IN6O. The summed E-state index contributed by atoms with van der Waals surface area (Å²) in [5.41, 5.74) is 5.25. The zero-order chi connectivity index (χ0) is 22.5. The summed E-state index contributed by atoms with van der Waals surface area (Å²) in [5, 5.41) is 3.52. The van der Waals surface area contributed by atoms with Gasteiger partial charge in [-0.05, 0) is 49.6 Å². The van der Waals surface area contributed by atoms with Crippen molar-refractivity contribution in [2.45, 2.75) is 33.4 Å². The molecule has 33 heavy (non-hydrogen) atoms. The Bertz CT molecular complexity index is 927. The first-order valence-electron chi connectivity index (χ1n) is 11.6. The number of morpholine rings is 1. The molecule has 8 heteroatoms. The van der Waals surface area contributed by atoms with Crippen LogP contribution in [0.1, 0.15) is 23.6 Å². The van der Waals surface area contributed by atoms with Gasteiger partial charge >= 0.3 is 0 Å². The van der Waals surface area contributed by atoms with Crippen LogP contribution in [-0.4, -0.2) is 74.9 Å². The van der Waals surface area contributed by atoms with Gasteiger partial charge in [0.15, 0.2) is 5.96 Å². The monoisotopic (exact) mass is 564 g/mol. The number of aromatic nitrogens is 1. The molecule has 0 amide bonds. The number of rotatable bonds is 4. The first kappa shape index (κ1) is 25.6. The third-order valence-corrected chi connectivity index (χ3v) is 6.53. The first-order valence-corrected chi connectivity index (χ1v) is 11.6. The molecule has 2 saturated heterocycles.